The van der Waals surface area contributed by atoms with E-state index in [9.17, 15) is 4.79 Å². The van der Waals surface area contributed by atoms with E-state index < -0.39 is 12.1 Å². The van der Waals surface area contributed by atoms with Gasteiger partial charge in [-0.3, -0.25) is 4.79 Å². The standard InChI is InChI=1S/C16H32O2.C3H8O2S/c1-2-3-4-5-6-7-8-9-10-11-12-13-14-15-16(17)18;4-1-3(5)2-6/h2-15H2,1H3,(H,17,18);3-6H,1-2H2. The summed E-state index contributed by atoms with van der Waals surface area (Å²) < 4.78 is 0. The quantitative estimate of drug-likeness (QED) is 0.234. The molecule has 0 aromatic rings. The third-order valence-electron chi connectivity index (χ3n) is 3.92. The second kappa shape index (κ2) is 22.7. The van der Waals surface area contributed by atoms with Crippen molar-refractivity contribution < 1.29 is 20.1 Å². The maximum atomic E-state index is 10.3. The van der Waals surface area contributed by atoms with Gasteiger partial charge < -0.3 is 15.3 Å². The summed E-state index contributed by atoms with van der Waals surface area (Å²) in [5, 5.41) is 24.9. The Kier molecular flexibility index (Phi) is 24.6. The molecule has 0 aromatic heterocycles. The molecule has 0 saturated carbocycles. The molecule has 3 N–H and O–H groups in total. The van der Waals surface area contributed by atoms with Gasteiger partial charge in [0.05, 0.1) is 12.7 Å². The first-order valence-electron chi connectivity index (χ1n) is 9.70. The summed E-state index contributed by atoms with van der Waals surface area (Å²) in [6, 6.07) is 0. The van der Waals surface area contributed by atoms with E-state index in [1.165, 1.54) is 70.6 Å². The second-order valence-electron chi connectivity index (χ2n) is 6.41. The predicted molar refractivity (Wildman–Crippen MR) is 105 cm³/mol. The van der Waals surface area contributed by atoms with Gasteiger partial charge in [0.15, 0.2) is 0 Å². The molecule has 0 heterocycles. The second-order valence-corrected chi connectivity index (χ2v) is 6.77. The molecule has 5 heteroatoms. The number of thiol groups is 1. The Morgan fingerprint density at radius 1 is 0.833 bits per heavy atom. The van der Waals surface area contributed by atoms with Gasteiger partial charge in [0, 0.05) is 12.2 Å². The van der Waals surface area contributed by atoms with Crippen molar-refractivity contribution in [3.8, 4) is 0 Å². The van der Waals surface area contributed by atoms with Crippen molar-refractivity contribution in [3.05, 3.63) is 0 Å². The molecule has 1 atom stereocenters. The van der Waals surface area contributed by atoms with Crippen LogP contribution in [-0.2, 0) is 4.79 Å². The van der Waals surface area contributed by atoms with Crippen LogP contribution in [0.3, 0.4) is 0 Å². The van der Waals surface area contributed by atoms with Crippen molar-refractivity contribution in [2.45, 2.75) is 103 Å². The number of aliphatic carboxylic acids is 1. The average molecular weight is 365 g/mol. The molecule has 4 nitrogen and oxygen atoms in total. The molecule has 146 valence electrons. The maximum absolute atomic E-state index is 10.3. The third-order valence-corrected chi connectivity index (χ3v) is 4.34. The highest BCUT2D eigenvalue weighted by Gasteiger charge is 1.97. The summed E-state index contributed by atoms with van der Waals surface area (Å²) in [4.78, 5) is 10.3. The Morgan fingerprint density at radius 2 is 1.21 bits per heavy atom. The summed E-state index contributed by atoms with van der Waals surface area (Å²) in [6.45, 7) is 2.07. The number of unbranched alkanes of at least 4 members (excludes halogenated alkanes) is 12. The number of carbonyl (C=O) groups is 1. The van der Waals surface area contributed by atoms with Gasteiger partial charge in [-0.05, 0) is 6.42 Å². The van der Waals surface area contributed by atoms with E-state index in [0.29, 0.717) is 12.2 Å². The zero-order valence-corrected chi connectivity index (χ0v) is 16.5. The van der Waals surface area contributed by atoms with E-state index in [0.717, 1.165) is 12.8 Å². The summed E-state index contributed by atoms with van der Waals surface area (Å²) in [5.41, 5.74) is 0. The number of carboxylic acid groups (broad SMARTS) is 1. The molecule has 1 unspecified atom stereocenters. The molecule has 24 heavy (non-hydrogen) atoms. The molecule has 0 radical (unpaired) electrons. The van der Waals surface area contributed by atoms with Crippen LogP contribution in [0.1, 0.15) is 96.8 Å². The Morgan fingerprint density at radius 3 is 1.46 bits per heavy atom. The molecule has 0 rings (SSSR count). The van der Waals surface area contributed by atoms with Gasteiger partial charge in [0.1, 0.15) is 0 Å². The Balaban J connectivity index is 0. The number of hydrogen-bond donors (Lipinski definition) is 4. The van der Waals surface area contributed by atoms with E-state index in [1.54, 1.807) is 0 Å². The minimum absolute atomic E-state index is 0.191. The minimum atomic E-state index is -0.655. The normalized spacial score (nSPS) is 11.7. The fourth-order valence-corrected chi connectivity index (χ4v) is 2.47. The molecule has 0 aromatic carbocycles. The molecule has 0 aliphatic carbocycles. The van der Waals surface area contributed by atoms with E-state index in [2.05, 4.69) is 19.6 Å². The summed E-state index contributed by atoms with van der Waals surface area (Å²) in [6.07, 6.45) is 16.6. The highest BCUT2D eigenvalue weighted by atomic mass is 32.1. The van der Waals surface area contributed by atoms with E-state index in [4.69, 9.17) is 15.3 Å². The van der Waals surface area contributed by atoms with Crippen molar-refractivity contribution in [1.82, 2.24) is 0 Å². The van der Waals surface area contributed by atoms with Gasteiger partial charge in [-0.15, -0.1) is 0 Å². The van der Waals surface area contributed by atoms with Gasteiger partial charge in [-0.1, -0.05) is 84.0 Å². The fraction of sp³-hybridized carbons (Fsp3) is 0.947. The first kappa shape index (κ1) is 26.0. The number of rotatable bonds is 16. The van der Waals surface area contributed by atoms with Crippen LogP contribution in [0.4, 0.5) is 0 Å². The molecule has 0 saturated heterocycles. The van der Waals surface area contributed by atoms with Crippen LogP contribution < -0.4 is 0 Å². The average Bonchev–Trinajstić information content (AvgIpc) is 2.58. The molecule has 0 fully saturated rings. The lowest BCUT2D eigenvalue weighted by Gasteiger charge is -2.02. The monoisotopic (exact) mass is 364 g/mol. The van der Waals surface area contributed by atoms with Crippen LogP contribution in [-0.4, -0.2) is 39.8 Å². The van der Waals surface area contributed by atoms with Gasteiger partial charge in [-0.25, -0.2) is 0 Å². The fourth-order valence-electron chi connectivity index (χ4n) is 2.35. The van der Waals surface area contributed by atoms with Crippen LogP contribution in [0.2, 0.25) is 0 Å². The van der Waals surface area contributed by atoms with Crippen LogP contribution in [0, 0.1) is 0 Å². The number of hydrogen-bond acceptors (Lipinski definition) is 4. The van der Waals surface area contributed by atoms with Gasteiger partial charge >= 0.3 is 5.97 Å². The maximum Gasteiger partial charge on any atom is 0.303 e. The van der Waals surface area contributed by atoms with E-state index in [1.807, 2.05) is 0 Å². The largest absolute Gasteiger partial charge is 0.481 e. The first-order valence-corrected chi connectivity index (χ1v) is 10.3. The zero-order valence-electron chi connectivity index (χ0n) is 15.6. The van der Waals surface area contributed by atoms with Crippen LogP contribution in [0.5, 0.6) is 0 Å². The summed E-state index contributed by atoms with van der Waals surface area (Å²) in [7, 11) is 0. The Labute approximate surface area is 154 Å². The Hall–Kier alpha value is -0.260. The molecule has 0 aliphatic heterocycles. The SMILES string of the molecule is CCCCCCCCCCCCCCCC(=O)O.OCC(O)CS. The predicted octanol–water partition coefficient (Wildman–Crippen LogP) is 4.82. The smallest absolute Gasteiger partial charge is 0.303 e. The zero-order chi connectivity index (χ0) is 18.5. The van der Waals surface area contributed by atoms with E-state index in [-0.39, 0.29) is 6.61 Å². The highest BCUT2D eigenvalue weighted by molar-refractivity contribution is 7.80. The van der Waals surface area contributed by atoms with Crippen molar-refractivity contribution in [2.75, 3.05) is 12.4 Å². The molecular formula is C19H40O4S. The lowest BCUT2D eigenvalue weighted by atomic mass is 10.0. The summed E-state index contributed by atoms with van der Waals surface area (Å²) >= 11 is 3.69. The van der Waals surface area contributed by atoms with E-state index >= 15 is 0 Å². The lowest BCUT2D eigenvalue weighted by Crippen LogP contribution is -2.12. The van der Waals surface area contributed by atoms with Gasteiger partial charge in [0.25, 0.3) is 0 Å². The Bertz CT molecular complexity index is 246. The molecule has 0 aliphatic rings. The number of carboxylic acids is 1. The van der Waals surface area contributed by atoms with Crippen molar-refractivity contribution in [3.63, 3.8) is 0 Å². The highest BCUT2D eigenvalue weighted by Crippen LogP contribution is 2.12. The van der Waals surface area contributed by atoms with Crippen LogP contribution in [0.15, 0.2) is 0 Å². The van der Waals surface area contributed by atoms with Crippen LogP contribution >= 0.6 is 12.6 Å². The third kappa shape index (κ3) is 26.6. The van der Waals surface area contributed by atoms with Gasteiger partial charge in [-0.2, -0.15) is 12.6 Å². The summed E-state index contributed by atoms with van der Waals surface area (Å²) in [5.74, 6) is -0.325. The van der Waals surface area contributed by atoms with Crippen molar-refractivity contribution in [1.29, 1.82) is 0 Å². The number of aliphatic hydroxyl groups excluding tert-OH is 2. The molecular weight excluding hydrogens is 324 g/mol. The van der Waals surface area contributed by atoms with Crippen molar-refractivity contribution in [2.24, 2.45) is 0 Å². The number of aliphatic hydroxyl groups is 2. The topological polar surface area (TPSA) is 77.8 Å². The van der Waals surface area contributed by atoms with Crippen molar-refractivity contribution >= 4 is 18.6 Å². The minimum Gasteiger partial charge on any atom is -0.481 e. The van der Waals surface area contributed by atoms with Crippen LogP contribution in [0.25, 0.3) is 0 Å². The lowest BCUT2D eigenvalue weighted by molar-refractivity contribution is -0.137. The molecule has 0 amide bonds. The molecule has 0 bridgehead atoms. The van der Waals surface area contributed by atoms with Gasteiger partial charge in [0.2, 0.25) is 0 Å². The molecule has 0 spiro atoms. The first-order chi connectivity index (χ1) is 11.6.